The van der Waals surface area contributed by atoms with Gasteiger partial charge in [0.15, 0.2) is 0 Å². The van der Waals surface area contributed by atoms with Crippen LogP contribution in [0.4, 0.5) is 0 Å². The van der Waals surface area contributed by atoms with Crippen molar-refractivity contribution < 1.29 is 4.79 Å². The minimum absolute atomic E-state index is 0.0893. The monoisotopic (exact) mass is 373 g/mol. The topological polar surface area (TPSA) is 63.1 Å². The summed E-state index contributed by atoms with van der Waals surface area (Å²) in [6.45, 7) is 7.71. The first-order valence-electron chi connectivity index (χ1n) is 9.19. The van der Waals surface area contributed by atoms with Gasteiger partial charge in [0.2, 0.25) is 5.82 Å². The Balaban J connectivity index is 1.45. The lowest BCUT2D eigenvalue weighted by Gasteiger charge is -2.25. The molecule has 4 rings (SSSR count). The third-order valence-electron chi connectivity index (χ3n) is 5.26. The van der Waals surface area contributed by atoms with Crippen molar-refractivity contribution in [3.8, 4) is 0 Å². The maximum Gasteiger partial charge on any atom is 0.289 e. The minimum atomic E-state index is -0.133. The van der Waals surface area contributed by atoms with Gasteiger partial charge in [-0.1, -0.05) is 23.7 Å². The predicted octanol–water partition coefficient (Wildman–Crippen LogP) is 2.37. The molecule has 1 saturated heterocycles. The molecule has 6 nitrogen and oxygen atoms in total. The molecular weight excluding hydrogens is 350 g/mol. The van der Waals surface area contributed by atoms with Crippen LogP contribution in [0.3, 0.4) is 0 Å². The van der Waals surface area contributed by atoms with Crippen molar-refractivity contribution in [2.24, 2.45) is 11.8 Å². The summed E-state index contributed by atoms with van der Waals surface area (Å²) in [5.41, 5.74) is 1.24. The van der Waals surface area contributed by atoms with Crippen LogP contribution in [0.15, 0.2) is 24.3 Å². The summed E-state index contributed by atoms with van der Waals surface area (Å²) in [4.78, 5) is 14.8. The van der Waals surface area contributed by atoms with Crippen LogP contribution in [0.2, 0.25) is 5.02 Å². The highest BCUT2D eigenvalue weighted by molar-refractivity contribution is 6.30. The number of carbonyl (C=O) groups is 1. The van der Waals surface area contributed by atoms with Crippen molar-refractivity contribution in [1.29, 1.82) is 0 Å². The van der Waals surface area contributed by atoms with Gasteiger partial charge in [0.05, 0.1) is 0 Å². The summed E-state index contributed by atoms with van der Waals surface area (Å²) >= 11 is 6.11. The fraction of sp³-hybridized carbons (Fsp3) is 0.526. The molecule has 0 spiro atoms. The maximum atomic E-state index is 12.4. The average molecular weight is 374 g/mol. The van der Waals surface area contributed by atoms with Crippen molar-refractivity contribution in [3.05, 3.63) is 46.5 Å². The largest absolute Gasteiger partial charge is 0.347 e. The molecule has 1 aromatic heterocycles. The first-order chi connectivity index (χ1) is 12.5. The fourth-order valence-electron chi connectivity index (χ4n) is 4.14. The second kappa shape index (κ2) is 7.00. The Morgan fingerprint density at radius 2 is 2.08 bits per heavy atom. The number of fused-ring (bicyclic) bond motifs is 2. The first-order valence-corrected chi connectivity index (χ1v) is 9.57. The van der Waals surface area contributed by atoms with E-state index in [1.165, 1.54) is 5.56 Å². The standard InChI is InChI=1S/C19H24ClN5O/c1-12(2)21-19(26)18-23-22-17-7-14-9-24(10-15(14)11-25(17)18)8-13-4-3-5-16(20)6-13/h3-6,12,14-15H,7-11H2,1-2H3,(H,21,26)/t14-,15+/m0/s1. The molecule has 2 aliphatic rings. The molecule has 2 aliphatic heterocycles. The van der Waals surface area contributed by atoms with Crippen LogP contribution in [-0.2, 0) is 19.5 Å². The van der Waals surface area contributed by atoms with Crippen LogP contribution >= 0.6 is 11.6 Å². The van der Waals surface area contributed by atoms with Crippen LogP contribution in [0.5, 0.6) is 0 Å². The Morgan fingerprint density at radius 1 is 1.27 bits per heavy atom. The summed E-state index contributed by atoms with van der Waals surface area (Å²) < 4.78 is 2.02. The maximum absolute atomic E-state index is 12.4. The highest BCUT2D eigenvalue weighted by atomic mass is 35.5. The number of hydrogen-bond acceptors (Lipinski definition) is 4. The summed E-state index contributed by atoms with van der Waals surface area (Å²) in [5, 5.41) is 12.1. The average Bonchev–Trinajstić information content (AvgIpc) is 3.14. The molecule has 0 bridgehead atoms. The normalized spacial score (nSPS) is 22.3. The van der Waals surface area contributed by atoms with Gasteiger partial charge in [-0.3, -0.25) is 9.69 Å². The van der Waals surface area contributed by atoms with Gasteiger partial charge in [0.25, 0.3) is 5.91 Å². The number of likely N-dealkylation sites (tertiary alicyclic amines) is 1. The van der Waals surface area contributed by atoms with E-state index in [1.807, 2.05) is 36.6 Å². The summed E-state index contributed by atoms with van der Waals surface area (Å²) in [6, 6.07) is 8.16. The Kier molecular flexibility index (Phi) is 4.71. The number of nitrogens with zero attached hydrogens (tertiary/aromatic N) is 4. The number of benzene rings is 1. The van der Waals surface area contributed by atoms with Crippen LogP contribution in [0, 0.1) is 11.8 Å². The molecule has 1 aromatic carbocycles. The highest BCUT2D eigenvalue weighted by Gasteiger charge is 2.39. The van der Waals surface area contributed by atoms with Gasteiger partial charge in [-0.05, 0) is 43.4 Å². The van der Waals surface area contributed by atoms with E-state index in [2.05, 4.69) is 26.5 Å². The Hall–Kier alpha value is -1.92. The van der Waals surface area contributed by atoms with E-state index in [1.54, 1.807) is 0 Å². The third kappa shape index (κ3) is 3.48. The van der Waals surface area contributed by atoms with Crippen molar-refractivity contribution >= 4 is 17.5 Å². The number of aromatic nitrogens is 3. The molecule has 0 unspecified atom stereocenters. The Bertz CT molecular complexity index is 818. The van der Waals surface area contributed by atoms with Gasteiger partial charge in [-0.15, -0.1) is 10.2 Å². The van der Waals surface area contributed by atoms with E-state index in [-0.39, 0.29) is 11.9 Å². The SMILES string of the molecule is CC(C)NC(=O)c1nnc2n1C[C@H]1CN(Cc3cccc(Cl)c3)C[C@@H]1C2. The van der Waals surface area contributed by atoms with Gasteiger partial charge in [-0.25, -0.2) is 0 Å². The molecule has 1 N–H and O–H groups in total. The summed E-state index contributed by atoms with van der Waals surface area (Å²) in [6.07, 6.45) is 0.888. The molecule has 3 heterocycles. The Labute approximate surface area is 158 Å². The van der Waals surface area contributed by atoms with E-state index in [4.69, 9.17) is 11.6 Å². The number of rotatable bonds is 4. The molecule has 1 fully saturated rings. The molecule has 0 aliphatic carbocycles. The summed E-state index contributed by atoms with van der Waals surface area (Å²) in [5.74, 6) is 2.35. The fourth-order valence-corrected chi connectivity index (χ4v) is 4.35. The van der Waals surface area contributed by atoms with Crippen molar-refractivity contribution in [2.45, 2.75) is 39.4 Å². The molecular formula is C19H24ClN5O. The lowest BCUT2D eigenvalue weighted by molar-refractivity contribution is 0.0924. The highest BCUT2D eigenvalue weighted by Crippen LogP contribution is 2.33. The number of amides is 1. The van der Waals surface area contributed by atoms with Crippen molar-refractivity contribution in [1.82, 2.24) is 25.0 Å². The van der Waals surface area contributed by atoms with Gasteiger partial charge in [0.1, 0.15) is 5.82 Å². The van der Waals surface area contributed by atoms with Gasteiger partial charge in [-0.2, -0.15) is 0 Å². The van der Waals surface area contributed by atoms with Gasteiger partial charge < -0.3 is 9.88 Å². The zero-order valence-electron chi connectivity index (χ0n) is 15.2. The van der Waals surface area contributed by atoms with E-state index < -0.39 is 0 Å². The molecule has 0 saturated carbocycles. The number of hydrogen-bond donors (Lipinski definition) is 1. The summed E-state index contributed by atoms with van der Waals surface area (Å²) in [7, 11) is 0. The van der Waals surface area contributed by atoms with E-state index in [9.17, 15) is 4.79 Å². The van der Waals surface area contributed by atoms with Crippen LogP contribution in [0.1, 0.15) is 35.9 Å². The third-order valence-corrected chi connectivity index (χ3v) is 5.49. The molecule has 1 amide bonds. The van der Waals surface area contributed by atoms with Crippen molar-refractivity contribution in [2.75, 3.05) is 13.1 Å². The Morgan fingerprint density at radius 3 is 2.85 bits per heavy atom. The van der Waals surface area contributed by atoms with Gasteiger partial charge in [0, 0.05) is 43.7 Å². The molecule has 2 atom stereocenters. The smallest absolute Gasteiger partial charge is 0.289 e. The predicted molar refractivity (Wildman–Crippen MR) is 100 cm³/mol. The zero-order chi connectivity index (χ0) is 18.3. The molecule has 0 radical (unpaired) electrons. The zero-order valence-corrected chi connectivity index (χ0v) is 15.9. The van der Waals surface area contributed by atoms with E-state index in [0.717, 1.165) is 43.4 Å². The number of nitrogens with one attached hydrogen (secondary N) is 1. The quantitative estimate of drug-likeness (QED) is 0.893. The lowest BCUT2D eigenvalue weighted by Crippen LogP contribution is -2.35. The molecule has 2 aromatic rings. The second-order valence-electron chi connectivity index (χ2n) is 7.73. The molecule has 7 heteroatoms. The number of halogens is 1. The van der Waals surface area contributed by atoms with Crippen LogP contribution in [0.25, 0.3) is 0 Å². The lowest BCUT2D eigenvalue weighted by atomic mass is 9.89. The molecule has 26 heavy (non-hydrogen) atoms. The minimum Gasteiger partial charge on any atom is -0.347 e. The van der Waals surface area contributed by atoms with E-state index >= 15 is 0 Å². The van der Waals surface area contributed by atoms with Crippen LogP contribution in [-0.4, -0.2) is 44.7 Å². The van der Waals surface area contributed by atoms with E-state index in [0.29, 0.717) is 17.7 Å². The van der Waals surface area contributed by atoms with Crippen LogP contribution < -0.4 is 5.32 Å². The second-order valence-corrected chi connectivity index (χ2v) is 8.16. The first kappa shape index (κ1) is 17.5. The molecule has 138 valence electrons. The number of carbonyl (C=O) groups excluding carboxylic acids is 1. The van der Waals surface area contributed by atoms with Crippen molar-refractivity contribution in [3.63, 3.8) is 0 Å². The van der Waals surface area contributed by atoms with Gasteiger partial charge >= 0.3 is 0 Å².